The van der Waals surface area contributed by atoms with Gasteiger partial charge in [-0.05, 0) is 31.0 Å². The second kappa shape index (κ2) is 8.11. The normalized spacial score (nSPS) is 10.7. The van der Waals surface area contributed by atoms with Crippen molar-refractivity contribution in [1.29, 1.82) is 0 Å². The van der Waals surface area contributed by atoms with E-state index in [-0.39, 0.29) is 12.5 Å². The van der Waals surface area contributed by atoms with Crippen LogP contribution in [0.4, 0.5) is 5.13 Å². The number of carbonyl (C=O) groups excluding carboxylic acids is 1. The summed E-state index contributed by atoms with van der Waals surface area (Å²) in [6.07, 6.45) is 2.02. The number of anilines is 1. The Kier molecular flexibility index (Phi) is 6.17. The monoisotopic (exact) mass is 338 g/mol. The van der Waals surface area contributed by atoms with Crippen molar-refractivity contribution in [2.45, 2.75) is 11.4 Å². The summed E-state index contributed by atoms with van der Waals surface area (Å²) >= 11 is 2.95. The molecule has 6 nitrogen and oxygen atoms in total. The molecule has 0 radical (unpaired) electrons. The number of likely N-dealkylation sites (N-methyl/N-ethyl adjacent to an activating group) is 1. The molecule has 118 valence electrons. The average Bonchev–Trinajstić information content (AvgIpc) is 2.99. The predicted octanol–water partition coefficient (Wildman–Crippen LogP) is 2.34. The second-order valence-electron chi connectivity index (χ2n) is 4.65. The number of nitrogens with one attached hydrogen (secondary N) is 1. The van der Waals surface area contributed by atoms with Gasteiger partial charge in [0.1, 0.15) is 11.3 Å². The molecule has 8 heteroatoms. The summed E-state index contributed by atoms with van der Waals surface area (Å²) in [7, 11) is 3.56. The molecule has 0 saturated carbocycles. The minimum absolute atomic E-state index is 0.105. The fourth-order valence-electron chi connectivity index (χ4n) is 1.98. The molecule has 1 aromatic heterocycles. The molecular formula is C14H18N4O2S2. The topological polar surface area (TPSA) is 67.3 Å². The summed E-state index contributed by atoms with van der Waals surface area (Å²) in [4.78, 5) is 14.9. The van der Waals surface area contributed by atoms with Crippen LogP contribution in [-0.2, 0) is 11.3 Å². The Bertz CT molecular complexity index is 619. The summed E-state index contributed by atoms with van der Waals surface area (Å²) in [5, 5.41) is 10.7. The summed E-state index contributed by atoms with van der Waals surface area (Å²) in [5.74, 6) is 0.753. The maximum Gasteiger partial charge on any atom is 0.240 e. The Labute approximate surface area is 137 Å². The van der Waals surface area contributed by atoms with E-state index < -0.39 is 0 Å². The average molecular weight is 338 g/mol. The molecule has 0 aliphatic heterocycles. The molecule has 0 unspecified atom stereocenters. The molecule has 1 heterocycles. The number of hydrogen-bond acceptors (Lipinski definition) is 7. The van der Waals surface area contributed by atoms with Gasteiger partial charge in [0.15, 0.2) is 0 Å². The molecule has 2 aromatic rings. The first-order chi connectivity index (χ1) is 10.6. The maximum atomic E-state index is 11.9. The highest BCUT2D eigenvalue weighted by Gasteiger charge is 2.10. The number of carbonyl (C=O) groups is 1. The van der Waals surface area contributed by atoms with Gasteiger partial charge in [0.2, 0.25) is 11.0 Å². The Balaban J connectivity index is 1.91. The quantitative estimate of drug-likeness (QED) is 0.782. The minimum Gasteiger partial charge on any atom is -0.496 e. The molecule has 1 N–H and O–H groups in total. The zero-order valence-electron chi connectivity index (χ0n) is 12.7. The number of methoxy groups -OCH3 is 1. The van der Waals surface area contributed by atoms with E-state index in [0.29, 0.717) is 11.7 Å². The Hall–Kier alpha value is -1.64. The van der Waals surface area contributed by atoms with Gasteiger partial charge in [0.05, 0.1) is 13.7 Å². The van der Waals surface area contributed by atoms with Crippen molar-refractivity contribution in [3.8, 4) is 5.75 Å². The number of amides is 1. The molecule has 1 aromatic carbocycles. The van der Waals surface area contributed by atoms with Crippen molar-refractivity contribution in [3.63, 3.8) is 0 Å². The van der Waals surface area contributed by atoms with Crippen molar-refractivity contribution in [2.75, 3.05) is 32.3 Å². The minimum atomic E-state index is -0.105. The van der Waals surface area contributed by atoms with E-state index in [1.807, 2.05) is 36.4 Å². The van der Waals surface area contributed by atoms with Crippen LogP contribution >= 0.6 is 23.1 Å². The molecule has 0 fully saturated rings. The standard InChI is InChI=1S/C14H18N4O2S2/c1-18(8-13(19)16-14-17-15-9-22-14)7-10-4-5-12(21-3)11(6-10)20-2/h4-6,9H,7-8H2,1-3H3,(H,16,17,19). The number of nitrogens with zero attached hydrogens (tertiary/aromatic N) is 3. The van der Waals surface area contributed by atoms with Gasteiger partial charge >= 0.3 is 0 Å². The van der Waals surface area contributed by atoms with Gasteiger partial charge in [-0.25, -0.2) is 0 Å². The molecule has 0 spiro atoms. The van der Waals surface area contributed by atoms with E-state index in [9.17, 15) is 4.79 Å². The second-order valence-corrected chi connectivity index (χ2v) is 6.33. The molecule has 0 aliphatic rings. The first-order valence-corrected chi connectivity index (χ1v) is 8.68. The molecule has 0 saturated heterocycles. The number of aromatic nitrogens is 2. The lowest BCUT2D eigenvalue weighted by Gasteiger charge is -2.17. The first kappa shape index (κ1) is 16.7. The first-order valence-electron chi connectivity index (χ1n) is 6.58. The highest BCUT2D eigenvalue weighted by Crippen LogP contribution is 2.28. The fourth-order valence-corrected chi connectivity index (χ4v) is 2.99. The smallest absolute Gasteiger partial charge is 0.240 e. The van der Waals surface area contributed by atoms with Crippen LogP contribution in [0.15, 0.2) is 28.6 Å². The molecule has 0 bridgehead atoms. The van der Waals surface area contributed by atoms with Crippen LogP contribution in [-0.4, -0.2) is 48.0 Å². The van der Waals surface area contributed by atoms with Crippen LogP contribution in [0.2, 0.25) is 0 Å². The molecule has 2 rings (SSSR count). The van der Waals surface area contributed by atoms with E-state index in [1.165, 1.54) is 11.3 Å². The van der Waals surface area contributed by atoms with Crippen LogP contribution in [0, 0.1) is 0 Å². The number of ether oxygens (including phenoxy) is 1. The van der Waals surface area contributed by atoms with Crippen molar-refractivity contribution in [1.82, 2.24) is 15.1 Å². The van der Waals surface area contributed by atoms with Gasteiger partial charge in [-0.15, -0.1) is 22.0 Å². The van der Waals surface area contributed by atoms with Gasteiger partial charge in [0, 0.05) is 11.4 Å². The Morgan fingerprint density at radius 2 is 2.32 bits per heavy atom. The van der Waals surface area contributed by atoms with Gasteiger partial charge in [-0.2, -0.15) is 0 Å². The lowest BCUT2D eigenvalue weighted by Crippen LogP contribution is -2.29. The maximum absolute atomic E-state index is 11.9. The zero-order chi connectivity index (χ0) is 15.9. The highest BCUT2D eigenvalue weighted by molar-refractivity contribution is 7.98. The summed E-state index contributed by atoms with van der Waals surface area (Å²) in [6, 6.07) is 6.09. The highest BCUT2D eigenvalue weighted by atomic mass is 32.2. The van der Waals surface area contributed by atoms with Gasteiger partial charge in [0.25, 0.3) is 0 Å². The largest absolute Gasteiger partial charge is 0.496 e. The van der Waals surface area contributed by atoms with E-state index in [2.05, 4.69) is 15.5 Å². The van der Waals surface area contributed by atoms with Crippen LogP contribution in [0.3, 0.4) is 0 Å². The van der Waals surface area contributed by atoms with Crippen LogP contribution < -0.4 is 10.1 Å². The lowest BCUT2D eigenvalue weighted by molar-refractivity contribution is -0.117. The van der Waals surface area contributed by atoms with Gasteiger partial charge in [-0.1, -0.05) is 17.4 Å². The van der Waals surface area contributed by atoms with Crippen molar-refractivity contribution < 1.29 is 9.53 Å². The van der Waals surface area contributed by atoms with Crippen LogP contribution in [0.5, 0.6) is 5.75 Å². The summed E-state index contributed by atoms with van der Waals surface area (Å²) < 4.78 is 5.38. The Morgan fingerprint density at radius 1 is 1.50 bits per heavy atom. The van der Waals surface area contributed by atoms with E-state index in [1.54, 1.807) is 24.4 Å². The van der Waals surface area contributed by atoms with Crippen molar-refractivity contribution in [3.05, 3.63) is 29.3 Å². The molecular weight excluding hydrogens is 320 g/mol. The van der Waals surface area contributed by atoms with Crippen LogP contribution in [0.1, 0.15) is 5.56 Å². The third kappa shape index (κ3) is 4.69. The molecule has 0 aliphatic carbocycles. The van der Waals surface area contributed by atoms with E-state index >= 15 is 0 Å². The van der Waals surface area contributed by atoms with Crippen molar-refractivity contribution >= 4 is 34.1 Å². The van der Waals surface area contributed by atoms with Gasteiger partial charge in [-0.3, -0.25) is 15.0 Å². The third-order valence-corrected chi connectivity index (χ3v) is 4.30. The number of hydrogen-bond donors (Lipinski definition) is 1. The summed E-state index contributed by atoms with van der Waals surface area (Å²) in [6.45, 7) is 0.945. The molecule has 0 atom stereocenters. The SMILES string of the molecule is COc1cc(CN(C)CC(=O)Nc2nncs2)ccc1SC. The van der Waals surface area contributed by atoms with Gasteiger partial charge < -0.3 is 4.74 Å². The number of benzene rings is 1. The summed E-state index contributed by atoms with van der Waals surface area (Å²) in [5.41, 5.74) is 2.68. The molecule has 22 heavy (non-hydrogen) atoms. The Morgan fingerprint density at radius 3 is 2.95 bits per heavy atom. The van der Waals surface area contributed by atoms with Crippen LogP contribution in [0.25, 0.3) is 0 Å². The zero-order valence-corrected chi connectivity index (χ0v) is 14.3. The number of rotatable bonds is 7. The third-order valence-electron chi connectivity index (χ3n) is 2.92. The predicted molar refractivity (Wildman–Crippen MR) is 89.6 cm³/mol. The number of thioether (sulfide) groups is 1. The molecule has 1 amide bonds. The van der Waals surface area contributed by atoms with E-state index in [0.717, 1.165) is 16.2 Å². The van der Waals surface area contributed by atoms with E-state index in [4.69, 9.17) is 4.74 Å². The lowest BCUT2D eigenvalue weighted by atomic mass is 10.2. The van der Waals surface area contributed by atoms with Crippen molar-refractivity contribution in [2.24, 2.45) is 0 Å². The fraction of sp³-hybridized carbons (Fsp3) is 0.357.